The first kappa shape index (κ1) is 24.7. The largest absolute Gasteiger partial charge is 0.235 e. The molecule has 0 amide bonds. The van der Waals surface area contributed by atoms with Gasteiger partial charge in [-0.15, -0.1) is 0 Å². The number of hydrogen-bond donors (Lipinski definition) is 0. The minimum absolute atomic E-state index is 0.334. The first-order valence-electron chi connectivity index (χ1n) is 9.00. The van der Waals surface area contributed by atoms with Crippen molar-refractivity contribution in [2.45, 2.75) is 51.6 Å². The number of aliphatic imine (C=N–C) groups is 4. The number of rotatable bonds is 13. The second-order valence-electron chi connectivity index (χ2n) is 5.70. The van der Waals surface area contributed by atoms with Crippen LogP contribution in [-0.4, -0.2) is 37.4 Å². The van der Waals surface area contributed by atoms with E-state index in [1.165, 1.54) is 24.3 Å². The van der Waals surface area contributed by atoms with Crippen molar-refractivity contribution in [3.63, 3.8) is 0 Å². The summed E-state index contributed by atoms with van der Waals surface area (Å²) in [5.74, 6) is 0. The Kier molecular flexibility index (Phi) is 17.7. The van der Waals surface area contributed by atoms with E-state index >= 15 is 0 Å². The van der Waals surface area contributed by atoms with Gasteiger partial charge < -0.3 is 0 Å². The van der Waals surface area contributed by atoms with E-state index in [1.807, 2.05) is 24.3 Å². The van der Waals surface area contributed by atoms with Gasteiger partial charge in [-0.1, -0.05) is 49.9 Å². The summed E-state index contributed by atoms with van der Waals surface area (Å²) in [7, 11) is 0. The fourth-order valence-electron chi connectivity index (χ4n) is 2.18. The lowest BCUT2D eigenvalue weighted by atomic mass is 10.1. The normalized spacial score (nSPS) is 8.71. The molecule has 0 aliphatic heterocycles. The maximum absolute atomic E-state index is 9.84. The van der Waals surface area contributed by atoms with Crippen molar-refractivity contribution in [2.24, 2.45) is 20.0 Å². The minimum atomic E-state index is 0.334. The van der Waals surface area contributed by atoms with Crippen LogP contribution in [0.1, 0.15) is 49.7 Å². The molecule has 1 rings (SSSR count). The Labute approximate surface area is 164 Å². The van der Waals surface area contributed by atoms with Crippen molar-refractivity contribution in [3.05, 3.63) is 35.4 Å². The lowest BCUT2D eigenvalue weighted by Crippen LogP contribution is -1.84. The molecule has 1 aromatic carbocycles. The minimum Gasteiger partial charge on any atom is -0.211 e. The third-order valence-electron chi connectivity index (χ3n) is 3.59. The number of benzene rings is 1. The lowest BCUT2D eigenvalue weighted by molar-refractivity contribution is 0.557. The topological polar surface area (TPSA) is 118 Å². The highest BCUT2D eigenvalue weighted by Crippen LogP contribution is 2.06. The third-order valence-corrected chi connectivity index (χ3v) is 3.59. The van der Waals surface area contributed by atoms with E-state index in [0.29, 0.717) is 26.2 Å². The Balaban J connectivity index is 0.000000521. The van der Waals surface area contributed by atoms with Crippen molar-refractivity contribution in [1.82, 2.24) is 0 Å². The Morgan fingerprint density at radius 3 is 1.14 bits per heavy atom. The molecule has 0 aliphatic carbocycles. The van der Waals surface area contributed by atoms with Crippen LogP contribution in [0.25, 0.3) is 0 Å². The molecule has 0 atom stereocenters. The summed E-state index contributed by atoms with van der Waals surface area (Å²) in [5, 5.41) is 0. The zero-order chi connectivity index (χ0) is 20.7. The molecule has 0 aromatic heterocycles. The molecule has 28 heavy (non-hydrogen) atoms. The first-order valence-corrected chi connectivity index (χ1v) is 9.00. The average Bonchev–Trinajstić information content (AvgIpc) is 2.73. The molecule has 0 aliphatic rings. The number of nitrogens with zero attached hydrogens (tertiary/aromatic N) is 4. The SMILES string of the molecule is O=C=NCCCCCCCCN=C=O.O=C=NCc1ccc(CN=C=O)cc1. The summed E-state index contributed by atoms with van der Waals surface area (Å²) in [6, 6.07) is 7.32. The van der Waals surface area contributed by atoms with E-state index in [1.54, 1.807) is 0 Å². The molecule has 148 valence electrons. The van der Waals surface area contributed by atoms with Gasteiger partial charge in [0.15, 0.2) is 0 Å². The quantitative estimate of drug-likeness (QED) is 0.294. The van der Waals surface area contributed by atoms with Crippen molar-refractivity contribution in [3.8, 4) is 0 Å². The average molecular weight is 384 g/mol. The van der Waals surface area contributed by atoms with Gasteiger partial charge in [0.05, 0.1) is 26.2 Å². The molecule has 0 spiro atoms. The van der Waals surface area contributed by atoms with Crippen LogP contribution < -0.4 is 0 Å². The van der Waals surface area contributed by atoms with Crippen LogP contribution in [-0.2, 0) is 32.3 Å². The van der Waals surface area contributed by atoms with E-state index in [4.69, 9.17) is 0 Å². The highest BCUT2D eigenvalue weighted by molar-refractivity contribution is 5.35. The zero-order valence-corrected chi connectivity index (χ0v) is 15.8. The lowest BCUT2D eigenvalue weighted by Gasteiger charge is -1.97. The number of hydrogen-bond acceptors (Lipinski definition) is 8. The van der Waals surface area contributed by atoms with E-state index in [2.05, 4.69) is 20.0 Å². The van der Waals surface area contributed by atoms with Crippen LogP contribution in [0.5, 0.6) is 0 Å². The van der Waals surface area contributed by atoms with Crippen LogP contribution in [0.2, 0.25) is 0 Å². The Bertz CT molecular complexity index is 660. The van der Waals surface area contributed by atoms with Gasteiger partial charge in [-0.05, 0) is 24.0 Å². The summed E-state index contributed by atoms with van der Waals surface area (Å²) in [6.07, 6.45) is 12.4. The fourth-order valence-corrected chi connectivity index (χ4v) is 2.18. The predicted molar refractivity (Wildman–Crippen MR) is 104 cm³/mol. The molecule has 1 aromatic rings. The van der Waals surface area contributed by atoms with E-state index < -0.39 is 0 Å². The van der Waals surface area contributed by atoms with Gasteiger partial charge in [0.2, 0.25) is 24.3 Å². The van der Waals surface area contributed by atoms with Crippen molar-refractivity contribution < 1.29 is 19.2 Å². The highest BCUT2D eigenvalue weighted by atomic mass is 16.1. The smallest absolute Gasteiger partial charge is 0.211 e. The zero-order valence-electron chi connectivity index (χ0n) is 15.8. The van der Waals surface area contributed by atoms with Crippen LogP contribution in [0.3, 0.4) is 0 Å². The standard InChI is InChI=1S/C10H8N2O2.C10H16N2O2/c13-7-11-5-9-1-2-10(4-3-9)6-12-8-14;13-9-11-7-5-3-1-2-4-6-8-12-10-14/h1-4H,5-6H2;1-8H2. The summed E-state index contributed by atoms with van der Waals surface area (Å²) in [6.45, 7) is 1.86. The number of carbonyl (C=O) groups excluding carboxylic acids is 4. The second-order valence-corrected chi connectivity index (χ2v) is 5.70. The second kappa shape index (κ2) is 20.1. The maximum Gasteiger partial charge on any atom is 0.235 e. The van der Waals surface area contributed by atoms with E-state index in [0.717, 1.165) is 49.7 Å². The van der Waals surface area contributed by atoms with Crippen molar-refractivity contribution in [1.29, 1.82) is 0 Å². The van der Waals surface area contributed by atoms with Crippen molar-refractivity contribution >= 4 is 24.3 Å². The van der Waals surface area contributed by atoms with Gasteiger partial charge in [-0.25, -0.2) is 39.1 Å². The molecule has 0 N–H and O–H groups in total. The van der Waals surface area contributed by atoms with Crippen molar-refractivity contribution in [2.75, 3.05) is 13.1 Å². The van der Waals surface area contributed by atoms with Crippen LogP contribution in [0, 0.1) is 0 Å². The van der Waals surface area contributed by atoms with Gasteiger partial charge in [-0.3, -0.25) is 0 Å². The molecule has 0 bridgehead atoms. The highest BCUT2D eigenvalue weighted by Gasteiger charge is 1.93. The number of isocyanates is 4. The van der Waals surface area contributed by atoms with Gasteiger partial charge in [0.1, 0.15) is 0 Å². The molecule has 8 heteroatoms. The molecule has 0 fully saturated rings. The summed E-state index contributed by atoms with van der Waals surface area (Å²) < 4.78 is 0. The maximum atomic E-state index is 9.84. The fraction of sp³-hybridized carbons (Fsp3) is 0.500. The summed E-state index contributed by atoms with van der Waals surface area (Å²) >= 11 is 0. The molecule has 0 saturated heterocycles. The van der Waals surface area contributed by atoms with Gasteiger partial charge >= 0.3 is 0 Å². The predicted octanol–water partition coefficient (Wildman–Crippen LogP) is 3.36. The molecule has 8 nitrogen and oxygen atoms in total. The van der Waals surface area contributed by atoms with Gasteiger partial charge in [-0.2, -0.15) is 0 Å². The van der Waals surface area contributed by atoms with E-state index in [9.17, 15) is 19.2 Å². The van der Waals surface area contributed by atoms with Gasteiger partial charge in [0.25, 0.3) is 0 Å². The Morgan fingerprint density at radius 1 is 0.500 bits per heavy atom. The van der Waals surface area contributed by atoms with E-state index in [-0.39, 0.29) is 0 Å². The Morgan fingerprint density at radius 2 is 0.821 bits per heavy atom. The van der Waals surface area contributed by atoms with Gasteiger partial charge in [0, 0.05) is 0 Å². The molecule has 0 radical (unpaired) electrons. The van der Waals surface area contributed by atoms with Crippen LogP contribution in [0.4, 0.5) is 0 Å². The summed E-state index contributed by atoms with van der Waals surface area (Å²) in [5.41, 5.74) is 1.85. The third kappa shape index (κ3) is 16.2. The number of unbranched alkanes of at least 4 members (excludes halogenated alkanes) is 5. The molecule has 0 heterocycles. The van der Waals surface area contributed by atoms with Crippen LogP contribution >= 0.6 is 0 Å². The summed E-state index contributed by atoms with van der Waals surface area (Å²) in [4.78, 5) is 52.9. The molecule has 0 unspecified atom stereocenters. The monoisotopic (exact) mass is 384 g/mol. The van der Waals surface area contributed by atoms with Crippen LogP contribution in [0.15, 0.2) is 44.2 Å². The molecular weight excluding hydrogens is 360 g/mol. The molecule has 0 saturated carbocycles. The Hall–Kier alpha value is -3.26. The first-order chi connectivity index (χ1) is 13.8. The molecular formula is C20H24N4O4.